The number of hydrogen-bond acceptors (Lipinski definition) is 2. The van der Waals surface area contributed by atoms with Crippen LogP contribution in [0, 0.1) is 0 Å². The van der Waals surface area contributed by atoms with Crippen molar-refractivity contribution in [3.05, 3.63) is 62.9 Å². The van der Waals surface area contributed by atoms with Gasteiger partial charge in [0.2, 0.25) is 0 Å². The summed E-state index contributed by atoms with van der Waals surface area (Å²) >= 11 is 18.0. The highest BCUT2D eigenvalue weighted by atomic mass is 35.5. The summed E-state index contributed by atoms with van der Waals surface area (Å²) in [4.78, 5) is 15.9. The zero-order chi connectivity index (χ0) is 13.1. The standard InChI is InChI=1S/C13H8Cl3NO/c14-10-2-1-3-11(15)9(10)6-13(18)8-4-5-17-7-12(8)16/h1-5,7H,6H2. The fourth-order valence-electron chi connectivity index (χ4n) is 1.56. The van der Waals surface area contributed by atoms with E-state index in [1.807, 2.05) is 0 Å². The minimum Gasteiger partial charge on any atom is -0.294 e. The van der Waals surface area contributed by atoms with Gasteiger partial charge in [-0.1, -0.05) is 40.9 Å². The van der Waals surface area contributed by atoms with E-state index in [-0.39, 0.29) is 12.2 Å². The molecule has 0 N–H and O–H groups in total. The molecule has 0 unspecified atom stereocenters. The number of rotatable bonds is 3. The lowest BCUT2D eigenvalue weighted by Crippen LogP contribution is -2.05. The summed E-state index contributed by atoms with van der Waals surface area (Å²) < 4.78 is 0. The highest BCUT2D eigenvalue weighted by molar-refractivity contribution is 6.37. The largest absolute Gasteiger partial charge is 0.294 e. The van der Waals surface area contributed by atoms with Gasteiger partial charge in [-0.3, -0.25) is 9.78 Å². The van der Waals surface area contributed by atoms with E-state index < -0.39 is 0 Å². The Morgan fingerprint density at radius 2 is 1.72 bits per heavy atom. The monoisotopic (exact) mass is 299 g/mol. The van der Waals surface area contributed by atoms with Gasteiger partial charge in [-0.2, -0.15) is 0 Å². The summed E-state index contributed by atoms with van der Waals surface area (Å²) in [6.07, 6.45) is 3.07. The van der Waals surface area contributed by atoms with E-state index in [0.717, 1.165) is 0 Å². The Bertz CT molecular complexity index is 578. The van der Waals surface area contributed by atoms with Crippen LogP contribution in [-0.2, 0) is 6.42 Å². The van der Waals surface area contributed by atoms with Gasteiger partial charge in [0.15, 0.2) is 5.78 Å². The fourth-order valence-corrected chi connectivity index (χ4v) is 2.31. The lowest BCUT2D eigenvalue weighted by atomic mass is 10.0. The molecule has 0 atom stereocenters. The molecule has 0 bridgehead atoms. The third-order valence-electron chi connectivity index (χ3n) is 2.47. The molecule has 2 rings (SSSR count). The molecule has 0 fully saturated rings. The average Bonchev–Trinajstić information content (AvgIpc) is 2.34. The summed E-state index contributed by atoms with van der Waals surface area (Å²) in [5.74, 6) is -0.141. The van der Waals surface area contributed by atoms with Gasteiger partial charge >= 0.3 is 0 Å². The number of benzene rings is 1. The van der Waals surface area contributed by atoms with Crippen LogP contribution in [0.1, 0.15) is 15.9 Å². The number of halogens is 3. The Morgan fingerprint density at radius 1 is 1.06 bits per heavy atom. The fraction of sp³-hybridized carbons (Fsp3) is 0.0769. The number of pyridine rings is 1. The molecular weight excluding hydrogens is 293 g/mol. The van der Waals surface area contributed by atoms with Crippen LogP contribution in [0.4, 0.5) is 0 Å². The molecule has 0 aliphatic carbocycles. The number of carbonyl (C=O) groups excluding carboxylic acids is 1. The van der Waals surface area contributed by atoms with Crippen LogP contribution in [0.3, 0.4) is 0 Å². The second kappa shape index (κ2) is 5.70. The van der Waals surface area contributed by atoms with Crippen molar-refractivity contribution >= 4 is 40.6 Å². The first-order valence-electron chi connectivity index (χ1n) is 5.15. The van der Waals surface area contributed by atoms with Crippen molar-refractivity contribution in [2.75, 3.05) is 0 Å². The predicted molar refractivity (Wildman–Crippen MR) is 73.7 cm³/mol. The summed E-state index contributed by atoms with van der Waals surface area (Å²) in [5, 5.41) is 1.27. The maximum absolute atomic E-state index is 12.1. The Hall–Kier alpha value is -1.09. The van der Waals surface area contributed by atoms with Crippen LogP contribution in [-0.4, -0.2) is 10.8 Å². The van der Waals surface area contributed by atoms with Crippen LogP contribution in [0.25, 0.3) is 0 Å². The molecule has 1 heterocycles. The summed E-state index contributed by atoms with van der Waals surface area (Å²) in [6, 6.07) is 6.71. The van der Waals surface area contributed by atoms with E-state index in [4.69, 9.17) is 34.8 Å². The second-order valence-corrected chi connectivity index (χ2v) is 4.88. The first-order valence-corrected chi connectivity index (χ1v) is 6.28. The van der Waals surface area contributed by atoms with Crippen molar-refractivity contribution in [1.82, 2.24) is 4.98 Å². The highest BCUT2D eigenvalue weighted by Gasteiger charge is 2.14. The van der Waals surface area contributed by atoms with Gasteiger partial charge < -0.3 is 0 Å². The van der Waals surface area contributed by atoms with Crippen LogP contribution in [0.5, 0.6) is 0 Å². The highest BCUT2D eigenvalue weighted by Crippen LogP contribution is 2.26. The van der Waals surface area contributed by atoms with Gasteiger partial charge in [-0.15, -0.1) is 0 Å². The molecule has 2 aromatic rings. The van der Waals surface area contributed by atoms with Gasteiger partial charge in [0.05, 0.1) is 5.02 Å². The van der Waals surface area contributed by atoms with Crippen molar-refractivity contribution in [2.24, 2.45) is 0 Å². The summed E-state index contributed by atoms with van der Waals surface area (Å²) in [5.41, 5.74) is 1.03. The first-order chi connectivity index (χ1) is 8.59. The number of Topliss-reactive ketones (excluding diaryl/α,β-unsaturated/α-hetero) is 1. The molecule has 2 nitrogen and oxygen atoms in total. The molecular formula is C13H8Cl3NO. The van der Waals surface area contributed by atoms with E-state index in [0.29, 0.717) is 26.2 Å². The van der Waals surface area contributed by atoms with E-state index >= 15 is 0 Å². The summed E-state index contributed by atoms with van der Waals surface area (Å²) in [6.45, 7) is 0. The molecule has 1 aromatic carbocycles. The molecule has 0 aliphatic heterocycles. The second-order valence-electron chi connectivity index (χ2n) is 3.66. The molecule has 0 saturated heterocycles. The van der Waals surface area contributed by atoms with Crippen LogP contribution >= 0.6 is 34.8 Å². The topological polar surface area (TPSA) is 30.0 Å². The van der Waals surface area contributed by atoms with E-state index in [2.05, 4.69) is 4.98 Å². The SMILES string of the molecule is O=C(Cc1c(Cl)cccc1Cl)c1ccncc1Cl. The van der Waals surface area contributed by atoms with Crippen LogP contribution in [0.15, 0.2) is 36.7 Å². The Morgan fingerprint density at radius 3 is 2.33 bits per heavy atom. The molecule has 0 aliphatic rings. The van der Waals surface area contributed by atoms with Crippen molar-refractivity contribution in [1.29, 1.82) is 0 Å². The quantitative estimate of drug-likeness (QED) is 0.783. The lowest BCUT2D eigenvalue weighted by molar-refractivity contribution is 0.0993. The third-order valence-corrected chi connectivity index (χ3v) is 3.48. The molecule has 0 spiro atoms. The first kappa shape index (κ1) is 13.3. The number of aromatic nitrogens is 1. The number of ketones is 1. The molecule has 0 radical (unpaired) electrons. The lowest BCUT2D eigenvalue weighted by Gasteiger charge is -2.07. The molecule has 18 heavy (non-hydrogen) atoms. The summed E-state index contributed by atoms with van der Waals surface area (Å²) in [7, 11) is 0. The molecule has 92 valence electrons. The van der Waals surface area contributed by atoms with Crippen LogP contribution in [0.2, 0.25) is 15.1 Å². The Labute approximate surface area is 120 Å². The minimum atomic E-state index is -0.141. The van der Waals surface area contributed by atoms with Crippen LogP contribution < -0.4 is 0 Å². The maximum atomic E-state index is 12.1. The molecule has 0 saturated carbocycles. The van der Waals surface area contributed by atoms with Gasteiger partial charge in [0.25, 0.3) is 0 Å². The number of carbonyl (C=O) groups is 1. The van der Waals surface area contributed by atoms with Gasteiger partial charge in [0.1, 0.15) is 0 Å². The van der Waals surface area contributed by atoms with E-state index in [1.165, 1.54) is 12.4 Å². The van der Waals surface area contributed by atoms with Gasteiger partial charge in [-0.25, -0.2) is 0 Å². The van der Waals surface area contributed by atoms with Gasteiger partial charge in [0, 0.05) is 34.4 Å². The predicted octanol–water partition coefficient (Wildman–Crippen LogP) is 4.47. The van der Waals surface area contributed by atoms with Crippen molar-refractivity contribution < 1.29 is 4.79 Å². The average molecular weight is 301 g/mol. The molecule has 5 heteroatoms. The van der Waals surface area contributed by atoms with E-state index in [9.17, 15) is 4.79 Å². The smallest absolute Gasteiger partial charge is 0.168 e. The minimum absolute atomic E-state index is 0.113. The zero-order valence-electron chi connectivity index (χ0n) is 9.16. The zero-order valence-corrected chi connectivity index (χ0v) is 11.4. The van der Waals surface area contributed by atoms with Crippen molar-refractivity contribution in [2.45, 2.75) is 6.42 Å². The molecule has 0 amide bonds. The number of hydrogen-bond donors (Lipinski definition) is 0. The normalized spacial score (nSPS) is 10.4. The van der Waals surface area contributed by atoms with Crippen molar-refractivity contribution in [3.8, 4) is 0 Å². The molecule has 1 aromatic heterocycles. The van der Waals surface area contributed by atoms with E-state index in [1.54, 1.807) is 24.3 Å². The third kappa shape index (κ3) is 2.83. The van der Waals surface area contributed by atoms with Gasteiger partial charge in [-0.05, 0) is 23.8 Å². The Kier molecular flexibility index (Phi) is 4.23. The maximum Gasteiger partial charge on any atom is 0.168 e. The Balaban J connectivity index is 2.30. The van der Waals surface area contributed by atoms with Crippen molar-refractivity contribution in [3.63, 3.8) is 0 Å². The number of nitrogens with zero attached hydrogens (tertiary/aromatic N) is 1.